The zero-order valence-electron chi connectivity index (χ0n) is 37.8. The fraction of sp³-hybridized carbons (Fsp3) is 0.0645. The molecule has 0 N–H and O–H groups in total. The predicted octanol–water partition coefficient (Wildman–Crippen LogP) is 16.0. The SMILES string of the molecule is Cc1ccccc1-c1cc(-c2c(C)cc(-n3c4ccc(-n5c6ccccc6c6ccccc65)cc4c4cc(-n5c6ccccc6c6ccccc65)ccc43)cc2C)nc(-c2ccccc2C)n1. The summed E-state index contributed by atoms with van der Waals surface area (Å²) in [5.74, 6) is 0.734. The minimum absolute atomic E-state index is 0.734. The highest BCUT2D eigenvalue weighted by molar-refractivity contribution is 6.14. The number of nitrogens with zero attached hydrogens (tertiary/aromatic N) is 5. The van der Waals surface area contributed by atoms with Crippen LogP contribution < -0.4 is 0 Å². The van der Waals surface area contributed by atoms with Crippen LogP contribution in [0.3, 0.4) is 0 Å². The van der Waals surface area contributed by atoms with Crippen molar-refractivity contribution in [2.45, 2.75) is 27.7 Å². The monoisotopic (exact) mass is 859 g/mol. The Bertz CT molecular complexity index is 3800. The molecule has 0 spiro atoms. The van der Waals surface area contributed by atoms with E-state index in [1.165, 1.54) is 59.9 Å². The first-order valence-electron chi connectivity index (χ1n) is 23.1. The van der Waals surface area contributed by atoms with E-state index in [0.29, 0.717) is 0 Å². The standard InChI is InChI=1S/C62H45N5/c1-38-17-5-7-19-45(38)53-37-54(64-62(63-53)46-20-8-6-18-39(46)2)61-40(3)33-44(34-41(61)4)67-59-31-29-42(65-55-25-13-9-21-47(55)48-22-10-14-26-56(48)65)35-51(59)52-36-43(30-32-60(52)67)66-57-27-15-11-23-49(57)50-24-12-16-28-58(50)66/h5-37H,1-4H3. The molecule has 13 rings (SSSR count). The molecule has 0 fully saturated rings. The van der Waals surface area contributed by atoms with Crippen LogP contribution in [0.25, 0.3) is 116 Å². The molecule has 4 aromatic heterocycles. The maximum atomic E-state index is 5.34. The second kappa shape index (κ2) is 15.0. The smallest absolute Gasteiger partial charge is 0.160 e. The Morgan fingerprint density at radius 2 is 0.657 bits per heavy atom. The van der Waals surface area contributed by atoms with Gasteiger partial charge in [-0.25, -0.2) is 9.97 Å². The van der Waals surface area contributed by atoms with Crippen molar-refractivity contribution in [1.29, 1.82) is 0 Å². The average molecular weight is 860 g/mol. The number of aromatic nitrogens is 5. The summed E-state index contributed by atoms with van der Waals surface area (Å²) in [6.45, 7) is 8.74. The number of para-hydroxylation sites is 4. The Hall–Kier alpha value is -8.54. The van der Waals surface area contributed by atoms with Gasteiger partial charge in [0.25, 0.3) is 0 Å². The van der Waals surface area contributed by atoms with Crippen LogP contribution in [0.1, 0.15) is 22.3 Å². The maximum absolute atomic E-state index is 5.34. The molecule has 5 nitrogen and oxygen atoms in total. The van der Waals surface area contributed by atoms with Crippen molar-refractivity contribution in [3.05, 3.63) is 222 Å². The van der Waals surface area contributed by atoms with E-state index in [1.807, 2.05) is 0 Å². The fourth-order valence-corrected chi connectivity index (χ4v) is 10.9. The van der Waals surface area contributed by atoms with Gasteiger partial charge in [-0.05, 0) is 129 Å². The van der Waals surface area contributed by atoms with E-state index in [1.54, 1.807) is 0 Å². The minimum atomic E-state index is 0.734. The maximum Gasteiger partial charge on any atom is 0.160 e. The van der Waals surface area contributed by atoms with Crippen LogP contribution in [0.15, 0.2) is 200 Å². The van der Waals surface area contributed by atoms with Crippen molar-refractivity contribution in [2.75, 3.05) is 0 Å². The lowest BCUT2D eigenvalue weighted by atomic mass is 9.96. The fourth-order valence-electron chi connectivity index (χ4n) is 10.9. The van der Waals surface area contributed by atoms with Gasteiger partial charge in [0, 0.05) is 66.1 Å². The molecule has 67 heavy (non-hydrogen) atoms. The molecule has 0 atom stereocenters. The van der Waals surface area contributed by atoms with Gasteiger partial charge in [-0.3, -0.25) is 0 Å². The van der Waals surface area contributed by atoms with E-state index in [4.69, 9.17) is 9.97 Å². The Kier molecular flexibility index (Phi) is 8.71. The highest BCUT2D eigenvalue weighted by Gasteiger charge is 2.21. The molecule has 0 unspecified atom stereocenters. The largest absolute Gasteiger partial charge is 0.309 e. The molecular weight excluding hydrogens is 815 g/mol. The molecule has 0 saturated carbocycles. The summed E-state index contributed by atoms with van der Waals surface area (Å²) < 4.78 is 7.30. The van der Waals surface area contributed by atoms with Crippen LogP contribution >= 0.6 is 0 Å². The number of hydrogen-bond donors (Lipinski definition) is 0. The highest BCUT2D eigenvalue weighted by atomic mass is 15.0. The van der Waals surface area contributed by atoms with Crippen molar-refractivity contribution in [1.82, 2.24) is 23.7 Å². The number of hydrogen-bond acceptors (Lipinski definition) is 2. The third kappa shape index (κ3) is 6.01. The molecule has 0 amide bonds. The first-order valence-corrected chi connectivity index (χ1v) is 23.1. The van der Waals surface area contributed by atoms with Crippen molar-refractivity contribution in [2.24, 2.45) is 0 Å². The Morgan fingerprint density at radius 3 is 1.12 bits per heavy atom. The van der Waals surface area contributed by atoms with Crippen LogP contribution in [-0.4, -0.2) is 23.7 Å². The van der Waals surface area contributed by atoms with Gasteiger partial charge in [0.05, 0.1) is 44.5 Å². The highest BCUT2D eigenvalue weighted by Crippen LogP contribution is 2.41. The molecule has 0 aliphatic carbocycles. The normalized spacial score (nSPS) is 11.9. The topological polar surface area (TPSA) is 40.6 Å². The lowest BCUT2D eigenvalue weighted by molar-refractivity contribution is 1.14. The first-order chi connectivity index (χ1) is 32.9. The lowest BCUT2D eigenvalue weighted by Gasteiger charge is -2.17. The molecule has 4 heterocycles. The van der Waals surface area contributed by atoms with E-state index in [-0.39, 0.29) is 0 Å². The van der Waals surface area contributed by atoms with Gasteiger partial charge >= 0.3 is 0 Å². The van der Waals surface area contributed by atoms with Gasteiger partial charge in [0.2, 0.25) is 0 Å². The quantitative estimate of drug-likeness (QED) is 0.167. The lowest BCUT2D eigenvalue weighted by Crippen LogP contribution is -2.02. The zero-order valence-corrected chi connectivity index (χ0v) is 37.8. The average Bonchev–Trinajstić information content (AvgIpc) is 3.99. The van der Waals surface area contributed by atoms with Crippen LogP contribution in [0.4, 0.5) is 0 Å². The van der Waals surface area contributed by atoms with Crippen molar-refractivity contribution in [3.63, 3.8) is 0 Å². The summed E-state index contributed by atoms with van der Waals surface area (Å²) in [6, 6.07) is 72.8. The van der Waals surface area contributed by atoms with Gasteiger partial charge in [-0.1, -0.05) is 121 Å². The van der Waals surface area contributed by atoms with Gasteiger partial charge in [0.15, 0.2) is 5.82 Å². The third-order valence-corrected chi connectivity index (χ3v) is 14.0. The van der Waals surface area contributed by atoms with Crippen molar-refractivity contribution < 1.29 is 0 Å². The zero-order chi connectivity index (χ0) is 44.9. The van der Waals surface area contributed by atoms with E-state index < -0.39 is 0 Å². The number of fused-ring (bicyclic) bond motifs is 9. The molecule has 0 bridgehead atoms. The Balaban J connectivity index is 1.05. The molecule has 0 saturated heterocycles. The Labute approximate surface area is 388 Å². The third-order valence-electron chi connectivity index (χ3n) is 14.0. The molecule has 0 aliphatic rings. The summed E-state index contributed by atoms with van der Waals surface area (Å²) in [7, 11) is 0. The molecule has 0 radical (unpaired) electrons. The van der Waals surface area contributed by atoms with Crippen molar-refractivity contribution in [3.8, 4) is 51.0 Å². The predicted molar refractivity (Wildman–Crippen MR) is 280 cm³/mol. The van der Waals surface area contributed by atoms with Gasteiger partial charge in [-0.2, -0.15) is 0 Å². The second-order valence-corrected chi connectivity index (χ2v) is 18.0. The minimum Gasteiger partial charge on any atom is -0.309 e. The van der Waals surface area contributed by atoms with Gasteiger partial charge in [0.1, 0.15) is 0 Å². The van der Waals surface area contributed by atoms with E-state index in [2.05, 4.69) is 242 Å². The number of rotatable bonds is 6. The van der Waals surface area contributed by atoms with E-state index in [9.17, 15) is 0 Å². The Morgan fingerprint density at radius 1 is 0.284 bits per heavy atom. The molecule has 13 aromatic rings. The number of aryl methyl sites for hydroxylation is 4. The van der Waals surface area contributed by atoms with Crippen molar-refractivity contribution >= 4 is 65.4 Å². The summed E-state index contributed by atoms with van der Waals surface area (Å²) in [6.07, 6.45) is 0. The molecule has 5 heteroatoms. The van der Waals surface area contributed by atoms with Crippen LogP contribution in [-0.2, 0) is 0 Å². The first kappa shape index (κ1) is 38.9. The van der Waals surface area contributed by atoms with E-state index >= 15 is 0 Å². The molecular formula is C62H45N5. The van der Waals surface area contributed by atoms with Crippen LogP contribution in [0.2, 0.25) is 0 Å². The van der Waals surface area contributed by atoms with Gasteiger partial charge in [-0.15, -0.1) is 0 Å². The molecule has 318 valence electrons. The van der Waals surface area contributed by atoms with Crippen LogP contribution in [0.5, 0.6) is 0 Å². The second-order valence-electron chi connectivity index (χ2n) is 18.0. The van der Waals surface area contributed by atoms with Gasteiger partial charge < -0.3 is 13.7 Å². The molecule has 0 aliphatic heterocycles. The molecule has 9 aromatic carbocycles. The number of benzene rings is 9. The summed E-state index contributed by atoms with van der Waals surface area (Å²) in [5, 5.41) is 7.39. The summed E-state index contributed by atoms with van der Waals surface area (Å²) >= 11 is 0. The summed E-state index contributed by atoms with van der Waals surface area (Å²) in [4.78, 5) is 10.5. The van der Waals surface area contributed by atoms with E-state index in [0.717, 1.165) is 78.7 Å². The summed E-state index contributed by atoms with van der Waals surface area (Å²) in [5.41, 5.74) is 20.2. The van der Waals surface area contributed by atoms with Crippen LogP contribution in [0, 0.1) is 27.7 Å².